The number of carbonyl (C=O) groups is 1. The highest BCUT2D eigenvalue weighted by Crippen LogP contribution is 2.20. The number of nitrogens with zero attached hydrogens (tertiary/aromatic N) is 1. The van der Waals surface area contributed by atoms with Crippen LogP contribution in [0.1, 0.15) is 12.5 Å². The van der Waals surface area contributed by atoms with E-state index in [1.54, 1.807) is 19.1 Å². The SMILES string of the molecule is CC1NNC(SCC(=O)NCc2ccc(F)cc2)C1[N+](=O)[O-]. The second-order valence-corrected chi connectivity index (χ2v) is 6.12. The molecule has 3 unspecified atom stereocenters. The smallest absolute Gasteiger partial charge is 0.254 e. The molecule has 9 heteroatoms. The lowest BCUT2D eigenvalue weighted by molar-refractivity contribution is -0.521. The van der Waals surface area contributed by atoms with Gasteiger partial charge in [0.2, 0.25) is 5.91 Å². The summed E-state index contributed by atoms with van der Waals surface area (Å²) >= 11 is 1.18. The summed E-state index contributed by atoms with van der Waals surface area (Å²) in [5, 5.41) is 13.2. The fourth-order valence-corrected chi connectivity index (χ4v) is 3.22. The number of nitro groups is 1. The molecule has 3 N–H and O–H groups in total. The molecule has 1 aromatic carbocycles. The molecule has 7 nitrogen and oxygen atoms in total. The lowest BCUT2D eigenvalue weighted by atomic mass is 10.2. The summed E-state index contributed by atoms with van der Waals surface area (Å²) in [7, 11) is 0. The van der Waals surface area contributed by atoms with Crippen LogP contribution in [0.25, 0.3) is 0 Å². The van der Waals surface area contributed by atoms with Crippen molar-refractivity contribution in [3.8, 4) is 0 Å². The zero-order chi connectivity index (χ0) is 16.1. The van der Waals surface area contributed by atoms with Crippen LogP contribution in [0.15, 0.2) is 24.3 Å². The van der Waals surface area contributed by atoms with Gasteiger partial charge in [0, 0.05) is 11.5 Å². The molecule has 1 aliphatic heterocycles. The Kier molecular flexibility index (Phi) is 5.69. The molecule has 1 saturated heterocycles. The van der Waals surface area contributed by atoms with Crippen LogP contribution in [0.5, 0.6) is 0 Å². The first-order valence-corrected chi connectivity index (χ1v) is 7.79. The maximum absolute atomic E-state index is 12.8. The number of hydrazine groups is 1. The summed E-state index contributed by atoms with van der Waals surface area (Å²) in [6.07, 6.45) is 0. The third-order valence-corrected chi connectivity index (χ3v) is 4.50. The second-order valence-electron chi connectivity index (χ2n) is 4.99. The molecule has 0 saturated carbocycles. The molecule has 1 heterocycles. The van der Waals surface area contributed by atoms with Crippen molar-refractivity contribution >= 4 is 17.7 Å². The largest absolute Gasteiger partial charge is 0.351 e. The predicted octanol–water partition coefficient (Wildman–Crippen LogP) is 0.643. The molecular formula is C13H17FN4O3S. The number of amides is 1. The van der Waals surface area contributed by atoms with Crippen molar-refractivity contribution in [2.24, 2.45) is 0 Å². The first-order valence-electron chi connectivity index (χ1n) is 6.74. The monoisotopic (exact) mass is 328 g/mol. The van der Waals surface area contributed by atoms with E-state index in [4.69, 9.17) is 0 Å². The fourth-order valence-electron chi connectivity index (χ4n) is 2.10. The van der Waals surface area contributed by atoms with Crippen LogP contribution >= 0.6 is 11.8 Å². The Bertz CT molecular complexity index is 543. The minimum absolute atomic E-state index is 0.109. The van der Waals surface area contributed by atoms with Gasteiger partial charge in [-0.1, -0.05) is 12.1 Å². The van der Waals surface area contributed by atoms with Crippen molar-refractivity contribution in [3.05, 3.63) is 45.8 Å². The maximum Gasteiger partial charge on any atom is 0.254 e. The molecule has 0 radical (unpaired) electrons. The molecule has 2 rings (SSSR count). The predicted molar refractivity (Wildman–Crippen MR) is 81.0 cm³/mol. The van der Waals surface area contributed by atoms with Gasteiger partial charge >= 0.3 is 0 Å². The lowest BCUT2D eigenvalue weighted by Gasteiger charge is -2.13. The van der Waals surface area contributed by atoms with Gasteiger partial charge in [0.1, 0.15) is 11.2 Å². The van der Waals surface area contributed by atoms with Crippen LogP contribution in [0.3, 0.4) is 0 Å². The Hall–Kier alpha value is -1.71. The van der Waals surface area contributed by atoms with E-state index in [1.165, 1.54) is 23.9 Å². The third kappa shape index (κ3) is 4.39. The van der Waals surface area contributed by atoms with Crippen molar-refractivity contribution in [2.45, 2.75) is 30.9 Å². The second kappa shape index (κ2) is 7.52. The van der Waals surface area contributed by atoms with Gasteiger partial charge in [-0.15, -0.1) is 11.8 Å². The number of rotatable bonds is 6. The van der Waals surface area contributed by atoms with E-state index < -0.39 is 11.4 Å². The van der Waals surface area contributed by atoms with Crippen molar-refractivity contribution in [2.75, 3.05) is 5.75 Å². The van der Waals surface area contributed by atoms with E-state index in [0.717, 1.165) is 5.56 Å². The minimum Gasteiger partial charge on any atom is -0.351 e. The summed E-state index contributed by atoms with van der Waals surface area (Å²) in [5.74, 6) is -0.444. The number of halogens is 1. The van der Waals surface area contributed by atoms with E-state index in [1.807, 2.05) is 0 Å². The third-order valence-electron chi connectivity index (χ3n) is 3.32. The molecule has 3 atom stereocenters. The highest BCUT2D eigenvalue weighted by molar-refractivity contribution is 8.00. The first-order chi connectivity index (χ1) is 10.5. The molecule has 0 spiro atoms. The number of nitrogens with one attached hydrogen (secondary N) is 3. The van der Waals surface area contributed by atoms with E-state index in [9.17, 15) is 19.3 Å². The van der Waals surface area contributed by atoms with Gasteiger partial charge in [0.25, 0.3) is 6.04 Å². The van der Waals surface area contributed by atoms with Crippen molar-refractivity contribution in [1.29, 1.82) is 0 Å². The van der Waals surface area contributed by atoms with Crippen LogP contribution in [-0.4, -0.2) is 34.0 Å². The zero-order valence-electron chi connectivity index (χ0n) is 11.9. The van der Waals surface area contributed by atoms with Gasteiger partial charge in [-0.3, -0.25) is 14.9 Å². The van der Waals surface area contributed by atoms with Gasteiger partial charge in [0.05, 0.1) is 11.8 Å². The van der Waals surface area contributed by atoms with Crippen LogP contribution in [-0.2, 0) is 11.3 Å². The summed E-state index contributed by atoms with van der Waals surface area (Å²) in [6.45, 7) is 2.01. The van der Waals surface area contributed by atoms with Crippen LogP contribution in [0.4, 0.5) is 4.39 Å². The van der Waals surface area contributed by atoms with Crippen molar-refractivity contribution in [1.82, 2.24) is 16.2 Å². The molecule has 0 aliphatic carbocycles. The Morgan fingerprint density at radius 2 is 2.09 bits per heavy atom. The Labute approximate surface area is 131 Å². The quantitative estimate of drug-likeness (QED) is 0.524. The van der Waals surface area contributed by atoms with Gasteiger partial charge in [-0.05, 0) is 24.6 Å². The lowest BCUT2D eigenvalue weighted by Crippen LogP contribution is -2.38. The Morgan fingerprint density at radius 3 is 2.73 bits per heavy atom. The van der Waals surface area contributed by atoms with Crippen LogP contribution in [0.2, 0.25) is 0 Å². The molecule has 1 amide bonds. The Balaban J connectivity index is 1.75. The van der Waals surface area contributed by atoms with Gasteiger partial charge < -0.3 is 5.32 Å². The highest BCUT2D eigenvalue weighted by Gasteiger charge is 2.42. The average molecular weight is 328 g/mol. The zero-order valence-corrected chi connectivity index (χ0v) is 12.7. The highest BCUT2D eigenvalue weighted by atomic mass is 32.2. The summed E-state index contributed by atoms with van der Waals surface area (Å²) in [5.41, 5.74) is 6.42. The number of hydrogen-bond donors (Lipinski definition) is 3. The first kappa shape index (κ1) is 16.7. The standard InChI is InChI=1S/C13H17FN4O3S/c1-8-12(18(20)21)13(17-16-8)22-7-11(19)15-6-9-2-4-10(14)5-3-9/h2-5,8,12-13,16-17H,6-7H2,1H3,(H,15,19). The van der Waals surface area contributed by atoms with Gasteiger partial charge in [0.15, 0.2) is 0 Å². The van der Waals surface area contributed by atoms with E-state index in [2.05, 4.69) is 16.2 Å². The maximum atomic E-state index is 12.8. The van der Waals surface area contributed by atoms with Gasteiger partial charge in [-0.25, -0.2) is 15.2 Å². The topological polar surface area (TPSA) is 96.3 Å². The summed E-state index contributed by atoms with van der Waals surface area (Å²) in [4.78, 5) is 22.4. The van der Waals surface area contributed by atoms with E-state index >= 15 is 0 Å². The summed E-state index contributed by atoms with van der Waals surface area (Å²) < 4.78 is 12.8. The molecule has 120 valence electrons. The molecule has 1 fully saturated rings. The number of hydrogen-bond acceptors (Lipinski definition) is 6. The fraction of sp³-hybridized carbons (Fsp3) is 0.462. The molecular weight excluding hydrogens is 311 g/mol. The van der Waals surface area contributed by atoms with Crippen LogP contribution < -0.4 is 16.2 Å². The normalized spacial score (nSPS) is 24.2. The van der Waals surface area contributed by atoms with Crippen molar-refractivity contribution < 1.29 is 14.1 Å². The molecule has 1 aliphatic rings. The van der Waals surface area contributed by atoms with E-state index in [0.29, 0.717) is 6.54 Å². The molecule has 22 heavy (non-hydrogen) atoms. The molecule has 0 bridgehead atoms. The minimum atomic E-state index is -0.783. The van der Waals surface area contributed by atoms with Crippen molar-refractivity contribution in [3.63, 3.8) is 0 Å². The van der Waals surface area contributed by atoms with Gasteiger partial charge in [-0.2, -0.15) is 0 Å². The van der Waals surface area contributed by atoms with E-state index in [-0.39, 0.29) is 28.4 Å². The molecule has 0 aromatic heterocycles. The molecule has 1 aromatic rings. The summed E-state index contributed by atoms with van der Waals surface area (Å²) in [6, 6.07) is 4.76. The number of carbonyl (C=O) groups excluding carboxylic acids is 1. The number of benzene rings is 1. The average Bonchev–Trinajstić information content (AvgIpc) is 2.85. The van der Waals surface area contributed by atoms with Crippen LogP contribution in [0, 0.1) is 15.9 Å². The number of thioether (sulfide) groups is 1. The Morgan fingerprint density at radius 1 is 1.41 bits per heavy atom.